The second-order valence-corrected chi connectivity index (χ2v) is 5.83. The summed E-state index contributed by atoms with van der Waals surface area (Å²) in [5, 5.41) is 7.17. The van der Waals surface area contributed by atoms with Crippen LogP contribution in [0.4, 0.5) is 5.69 Å². The number of nitrogens with zero attached hydrogens (tertiary/aromatic N) is 1. The Bertz CT molecular complexity index is 535. The van der Waals surface area contributed by atoms with Gasteiger partial charge in [-0.2, -0.15) is 0 Å². The molecule has 1 saturated heterocycles. The van der Waals surface area contributed by atoms with E-state index in [1.807, 2.05) is 6.07 Å². The Balaban J connectivity index is 2.10. The number of halogens is 2. The number of fused-ring (bicyclic) bond motifs is 3. The minimum Gasteiger partial charge on any atom is -0.349 e. The molecule has 0 unspecified atom stereocenters. The third-order valence-electron chi connectivity index (χ3n) is 3.66. The second-order valence-electron chi connectivity index (χ2n) is 5.04. The molecule has 0 radical (unpaired) electrons. The number of hydrogen-bond acceptors (Lipinski definition) is 3. The number of amides is 1. The van der Waals surface area contributed by atoms with Gasteiger partial charge in [-0.15, -0.1) is 0 Å². The maximum atomic E-state index is 12.2. The summed E-state index contributed by atoms with van der Waals surface area (Å²) in [4.78, 5) is 14.4. The minimum absolute atomic E-state index is 0.0229. The van der Waals surface area contributed by atoms with E-state index in [4.69, 9.17) is 23.2 Å². The molecule has 0 aromatic heterocycles. The van der Waals surface area contributed by atoms with Crippen molar-refractivity contribution in [1.82, 2.24) is 10.6 Å². The van der Waals surface area contributed by atoms with E-state index in [1.54, 1.807) is 6.07 Å². The van der Waals surface area contributed by atoms with Crippen molar-refractivity contribution in [2.24, 2.45) is 0 Å². The highest BCUT2D eigenvalue weighted by molar-refractivity contribution is 6.44. The monoisotopic (exact) mass is 299 g/mol. The van der Waals surface area contributed by atoms with Crippen LogP contribution in [0.1, 0.15) is 23.7 Å². The van der Waals surface area contributed by atoms with Crippen LogP contribution in [0.5, 0.6) is 0 Å². The summed E-state index contributed by atoms with van der Waals surface area (Å²) in [6, 6.07) is 4.00. The summed E-state index contributed by atoms with van der Waals surface area (Å²) in [7, 11) is 0. The van der Waals surface area contributed by atoms with Gasteiger partial charge in [0.25, 0.3) is 5.91 Å². The highest BCUT2D eigenvalue weighted by Gasteiger charge is 2.34. The predicted molar refractivity (Wildman–Crippen MR) is 77.1 cm³/mol. The van der Waals surface area contributed by atoms with Crippen LogP contribution in [0.25, 0.3) is 0 Å². The summed E-state index contributed by atoms with van der Waals surface area (Å²) in [6.07, 6.45) is 0.894. The number of carbonyl (C=O) groups excluding carboxylic acids is 1. The van der Waals surface area contributed by atoms with E-state index in [2.05, 4.69) is 22.5 Å². The van der Waals surface area contributed by atoms with E-state index < -0.39 is 0 Å². The average Bonchev–Trinajstić information content (AvgIpc) is 2.54. The van der Waals surface area contributed by atoms with E-state index in [1.165, 1.54) is 0 Å². The molecule has 0 aliphatic carbocycles. The fraction of sp³-hybridized carbons (Fsp3) is 0.462. The van der Waals surface area contributed by atoms with Crippen molar-refractivity contribution in [1.29, 1.82) is 0 Å². The first-order chi connectivity index (χ1) is 9.08. The first-order valence-corrected chi connectivity index (χ1v) is 7.12. The van der Waals surface area contributed by atoms with Crippen LogP contribution >= 0.6 is 23.2 Å². The molecule has 102 valence electrons. The zero-order chi connectivity index (χ0) is 13.6. The Hall–Kier alpha value is -0.970. The van der Waals surface area contributed by atoms with Gasteiger partial charge in [0.1, 0.15) is 6.17 Å². The fourth-order valence-electron chi connectivity index (χ4n) is 2.74. The summed E-state index contributed by atoms with van der Waals surface area (Å²) < 4.78 is 0. The van der Waals surface area contributed by atoms with Gasteiger partial charge in [-0.05, 0) is 32.0 Å². The van der Waals surface area contributed by atoms with E-state index in [-0.39, 0.29) is 12.1 Å². The Kier molecular flexibility index (Phi) is 3.33. The maximum Gasteiger partial charge on any atom is 0.256 e. The summed E-state index contributed by atoms with van der Waals surface area (Å²) in [5.41, 5.74) is 1.36. The third kappa shape index (κ3) is 2.18. The van der Waals surface area contributed by atoms with Crippen LogP contribution in [0.2, 0.25) is 10.0 Å². The number of hydrogen-bond donors (Lipinski definition) is 2. The van der Waals surface area contributed by atoms with Crippen LogP contribution in [0.15, 0.2) is 12.1 Å². The second kappa shape index (κ2) is 4.85. The largest absolute Gasteiger partial charge is 0.349 e. The topological polar surface area (TPSA) is 44.4 Å². The minimum atomic E-state index is -0.140. The number of carbonyl (C=O) groups is 1. The number of benzene rings is 1. The van der Waals surface area contributed by atoms with Crippen LogP contribution in [0, 0.1) is 0 Å². The van der Waals surface area contributed by atoms with Crippen molar-refractivity contribution >= 4 is 34.8 Å². The van der Waals surface area contributed by atoms with Gasteiger partial charge in [0.15, 0.2) is 0 Å². The Labute approximate surface area is 122 Å². The molecular weight excluding hydrogens is 285 g/mol. The predicted octanol–water partition coefficient (Wildman–Crippen LogP) is 2.25. The fourth-order valence-corrected chi connectivity index (χ4v) is 3.15. The van der Waals surface area contributed by atoms with Crippen molar-refractivity contribution in [3.63, 3.8) is 0 Å². The molecule has 2 atom stereocenters. The van der Waals surface area contributed by atoms with E-state index in [0.29, 0.717) is 21.7 Å². The van der Waals surface area contributed by atoms with Gasteiger partial charge in [-0.1, -0.05) is 23.2 Å². The quantitative estimate of drug-likeness (QED) is 0.772. The van der Waals surface area contributed by atoms with Gasteiger partial charge in [0, 0.05) is 12.6 Å². The molecule has 0 saturated carbocycles. The molecule has 2 heterocycles. The molecule has 4 nitrogen and oxygen atoms in total. The van der Waals surface area contributed by atoms with Crippen LogP contribution in [-0.4, -0.2) is 31.2 Å². The lowest BCUT2D eigenvalue weighted by atomic mass is 10.1. The highest BCUT2D eigenvalue weighted by atomic mass is 35.5. The molecule has 0 spiro atoms. The summed E-state index contributed by atoms with van der Waals surface area (Å²) in [6.45, 7) is 3.85. The molecule has 2 N–H and O–H groups in total. The van der Waals surface area contributed by atoms with E-state index in [0.717, 1.165) is 25.2 Å². The van der Waals surface area contributed by atoms with Gasteiger partial charge in [-0.3, -0.25) is 4.79 Å². The SMILES string of the molecule is C[C@H]1CN2c3ccc(Cl)c(Cl)c3C(=O)N[C@H]2CCN1. The first kappa shape index (κ1) is 13.0. The van der Waals surface area contributed by atoms with Crippen molar-refractivity contribution < 1.29 is 4.79 Å². The Morgan fingerprint density at radius 3 is 2.95 bits per heavy atom. The van der Waals surface area contributed by atoms with Crippen molar-refractivity contribution in [3.8, 4) is 0 Å². The first-order valence-electron chi connectivity index (χ1n) is 6.37. The molecule has 19 heavy (non-hydrogen) atoms. The smallest absolute Gasteiger partial charge is 0.256 e. The molecule has 6 heteroatoms. The lowest BCUT2D eigenvalue weighted by molar-refractivity contribution is 0.0926. The van der Waals surface area contributed by atoms with Crippen LogP contribution in [-0.2, 0) is 0 Å². The van der Waals surface area contributed by atoms with Gasteiger partial charge in [0.2, 0.25) is 0 Å². The number of rotatable bonds is 0. The van der Waals surface area contributed by atoms with Crippen molar-refractivity contribution in [2.75, 3.05) is 18.0 Å². The lowest BCUT2D eigenvalue weighted by Gasteiger charge is -2.38. The van der Waals surface area contributed by atoms with Gasteiger partial charge in [-0.25, -0.2) is 0 Å². The van der Waals surface area contributed by atoms with E-state index in [9.17, 15) is 4.79 Å². The molecular formula is C13H15Cl2N3O. The molecule has 0 bridgehead atoms. The van der Waals surface area contributed by atoms with Gasteiger partial charge >= 0.3 is 0 Å². The van der Waals surface area contributed by atoms with Crippen molar-refractivity contribution in [3.05, 3.63) is 27.7 Å². The Morgan fingerprint density at radius 2 is 2.16 bits per heavy atom. The zero-order valence-corrected chi connectivity index (χ0v) is 12.1. The zero-order valence-electron chi connectivity index (χ0n) is 10.5. The van der Waals surface area contributed by atoms with Crippen LogP contribution < -0.4 is 15.5 Å². The van der Waals surface area contributed by atoms with Gasteiger partial charge in [0.05, 0.1) is 21.3 Å². The molecule has 1 fully saturated rings. The molecule has 2 aliphatic rings. The summed E-state index contributed by atoms with van der Waals surface area (Å²) >= 11 is 12.2. The molecule has 1 aromatic carbocycles. The normalized spacial score (nSPS) is 26.3. The number of anilines is 1. The van der Waals surface area contributed by atoms with Crippen molar-refractivity contribution in [2.45, 2.75) is 25.6 Å². The number of nitrogens with one attached hydrogen (secondary N) is 2. The standard InChI is InChI=1S/C13H15Cl2N3O/c1-7-6-18-9-3-2-8(14)12(15)11(9)13(19)17-10(18)4-5-16-7/h2-3,7,10,16H,4-6H2,1H3,(H,17,19)/t7-,10+/m0/s1. The van der Waals surface area contributed by atoms with Gasteiger partial charge < -0.3 is 15.5 Å². The summed E-state index contributed by atoms with van der Waals surface area (Å²) in [5.74, 6) is -0.140. The van der Waals surface area contributed by atoms with E-state index >= 15 is 0 Å². The lowest BCUT2D eigenvalue weighted by Crippen LogP contribution is -2.53. The highest BCUT2D eigenvalue weighted by Crippen LogP contribution is 2.37. The average molecular weight is 300 g/mol. The molecule has 1 amide bonds. The van der Waals surface area contributed by atoms with Crippen LogP contribution in [0.3, 0.4) is 0 Å². The Morgan fingerprint density at radius 1 is 1.37 bits per heavy atom. The third-order valence-corrected chi connectivity index (χ3v) is 4.47. The molecule has 2 aliphatic heterocycles. The molecule has 3 rings (SSSR count). The molecule has 1 aromatic rings. The maximum absolute atomic E-state index is 12.2.